The lowest BCUT2D eigenvalue weighted by Gasteiger charge is -2.14. The third-order valence-electron chi connectivity index (χ3n) is 6.77. The number of halogens is 3. The summed E-state index contributed by atoms with van der Waals surface area (Å²) in [6.45, 7) is 3.40. The predicted octanol–water partition coefficient (Wildman–Crippen LogP) is 3.03. The van der Waals surface area contributed by atoms with Crippen molar-refractivity contribution in [2.24, 2.45) is 7.05 Å². The fourth-order valence-corrected chi connectivity index (χ4v) is 4.85. The minimum absolute atomic E-state index is 0.0845. The quantitative estimate of drug-likeness (QED) is 0.310. The Bertz CT molecular complexity index is 2020. The largest absolute Gasteiger partial charge is 0.433 e. The molecule has 0 unspecified atom stereocenters. The summed E-state index contributed by atoms with van der Waals surface area (Å²) >= 11 is 0. The Morgan fingerprint density at radius 3 is 2.23 bits per heavy atom. The van der Waals surface area contributed by atoms with Crippen LogP contribution in [0.15, 0.2) is 64.2 Å². The molecule has 5 rings (SSSR count). The van der Waals surface area contributed by atoms with Crippen LogP contribution in [0.1, 0.15) is 39.3 Å². The average Bonchev–Trinajstić information content (AvgIpc) is 3.41. The van der Waals surface area contributed by atoms with Gasteiger partial charge in [0.05, 0.1) is 16.8 Å². The van der Waals surface area contributed by atoms with E-state index in [4.69, 9.17) is 0 Å². The number of pyridine rings is 1. The maximum absolute atomic E-state index is 13.9. The van der Waals surface area contributed by atoms with Crippen LogP contribution in [0.4, 0.5) is 18.9 Å². The number of carbonyl (C=O) groups is 2. The molecule has 0 atom stereocenters. The van der Waals surface area contributed by atoms with Gasteiger partial charge in [-0.05, 0) is 62.4 Å². The van der Waals surface area contributed by atoms with Crippen molar-refractivity contribution in [3.63, 3.8) is 0 Å². The van der Waals surface area contributed by atoms with Gasteiger partial charge in [-0.3, -0.25) is 19.1 Å². The van der Waals surface area contributed by atoms with Crippen LogP contribution in [0.25, 0.3) is 22.3 Å². The topological polar surface area (TPSA) is 138 Å². The number of anilines is 1. The number of aromatic nitrogens is 6. The van der Waals surface area contributed by atoms with E-state index in [1.165, 1.54) is 64.4 Å². The second kappa shape index (κ2) is 10.7. The molecule has 15 heteroatoms. The molecule has 0 aliphatic rings. The molecule has 2 aromatic carbocycles. The first-order chi connectivity index (χ1) is 20.3. The predicted molar refractivity (Wildman–Crippen MR) is 151 cm³/mol. The van der Waals surface area contributed by atoms with Crippen LogP contribution in [0.5, 0.6) is 0 Å². The van der Waals surface area contributed by atoms with Gasteiger partial charge in [0, 0.05) is 31.9 Å². The third kappa shape index (κ3) is 5.09. The van der Waals surface area contributed by atoms with Crippen molar-refractivity contribution in [2.45, 2.75) is 26.6 Å². The van der Waals surface area contributed by atoms with Crippen molar-refractivity contribution in [1.82, 2.24) is 34.0 Å². The molecule has 0 aliphatic carbocycles. The lowest BCUT2D eigenvalue weighted by Crippen LogP contribution is -2.23. The highest BCUT2D eigenvalue weighted by Gasteiger charge is 2.36. The summed E-state index contributed by atoms with van der Waals surface area (Å²) in [5.41, 5.74) is -2.23. The van der Waals surface area contributed by atoms with Crippen molar-refractivity contribution in [3.05, 3.63) is 98.2 Å². The number of aryl methyl sites for hydroxylation is 3. The van der Waals surface area contributed by atoms with Crippen molar-refractivity contribution in [1.29, 1.82) is 0 Å². The number of nitrogens with zero attached hydrogens (tertiary/aromatic N) is 6. The zero-order valence-corrected chi connectivity index (χ0v) is 23.4. The van der Waals surface area contributed by atoms with Crippen LogP contribution in [0, 0.1) is 6.92 Å². The Morgan fingerprint density at radius 2 is 1.65 bits per heavy atom. The van der Waals surface area contributed by atoms with Gasteiger partial charge >= 0.3 is 11.9 Å². The summed E-state index contributed by atoms with van der Waals surface area (Å²) in [6, 6.07) is 12.6. The van der Waals surface area contributed by atoms with Crippen LogP contribution in [-0.2, 0) is 19.8 Å². The van der Waals surface area contributed by atoms with Crippen LogP contribution in [0.2, 0.25) is 0 Å². The minimum atomic E-state index is -4.95. The molecule has 12 nitrogen and oxygen atoms in total. The number of fused-ring (bicyclic) bond motifs is 1. The smallest absolute Gasteiger partial charge is 0.355 e. The highest BCUT2D eigenvalue weighted by molar-refractivity contribution is 6.11. The van der Waals surface area contributed by atoms with Crippen molar-refractivity contribution in [3.8, 4) is 11.4 Å². The van der Waals surface area contributed by atoms with Gasteiger partial charge in [0.1, 0.15) is 17.0 Å². The molecule has 2 amide bonds. The summed E-state index contributed by atoms with van der Waals surface area (Å²) in [7, 11) is 2.94. The maximum Gasteiger partial charge on any atom is 0.433 e. The molecule has 0 saturated heterocycles. The van der Waals surface area contributed by atoms with Crippen molar-refractivity contribution < 1.29 is 22.8 Å². The number of carbonyl (C=O) groups excluding carboxylic acids is 2. The number of benzene rings is 2. The Labute approximate surface area is 241 Å². The van der Waals surface area contributed by atoms with E-state index >= 15 is 0 Å². The van der Waals surface area contributed by atoms with Gasteiger partial charge in [0.25, 0.3) is 17.4 Å². The van der Waals surface area contributed by atoms with E-state index in [9.17, 15) is 32.3 Å². The fourth-order valence-electron chi connectivity index (χ4n) is 4.85. The zero-order chi connectivity index (χ0) is 31.2. The monoisotopic (exact) mass is 594 g/mol. The molecule has 3 aromatic heterocycles. The van der Waals surface area contributed by atoms with E-state index in [2.05, 4.69) is 20.7 Å². The lowest BCUT2D eigenvalue weighted by atomic mass is 10.1. The molecule has 0 radical (unpaired) electrons. The normalized spacial score (nSPS) is 11.6. The van der Waals surface area contributed by atoms with Crippen molar-refractivity contribution >= 4 is 28.4 Å². The second-order valence-corrected chi connectivity index (χ2v) is 9.50. The van der Waals surface area contributed by atoms with Gasteiger partial charge in [-0.2, -0.15) is 18.3 Å². The van der Waals surface area contributed by atoms with Crippen LogP contribution in [0.3, 0.4) is 0 Å². The zero-order valence-electron chi connectivity index (χ0n) is 23.4. The van der Waals surface area contributed by atoms with E-state index in [0.717, 1.165) is 4.68 Å². The second-order valence-electron chi connectivity index (χ2n) is 9.50. The van der Waals surface area contributed by atoms with Gasteiger partial charge in [-0.25, -0.2) is 23.7 Å². The number of amides is 2. The van der Waals surface area contributed by atoms with E-state index in [1.54, 1.807) is 26.0 Å². The highest BCUT2D eigenvalue weighted by atomic mass is 19.4. The molecule has 0 bridgehead atoms. The standard InChI is InChI=1S/C28H25F3N8O4/c1-5-37-23-20(26(42)39(37)19-11-9-18(10-12-19)38-15(2)35-36(4)27(38)43)14-21(28(29,30)31)34-22(23)25(41)33-17-8-6-7-16(13-17)24(40)32-3/h6-14H,5H2,1-4H3,(H,32,40)(H,33,41). The number of hydrogen-bond donors (Lipinski definition) is 2. The summed E-state index contributed by atoms with van der Waals surface area (Å²) < 4.78 is 46.7. The van der Waals surface area contributed by atoms with E-state index in [1.807, 2.05) is 0 Å². The van der Waals surface area contributed by atoms with Gasteiger partial charge in [0.2, 0.25) is 0 Å². The molecule has 2 N–H and O–H groups in total. The van der Waals surface area contributed by atoms with Crippen molar-refractivity contribution in [2.75, 3.05) is 12.4 Å². The fraction of sp³-hybridized carbons (Fsp3) is 0.214. The molecule has 0 spiro atoms. The van der Waals surface area contributed by atoms with Gasteiger partial charge < -0.3 is 10.6 Å². The first-order valence-electron chi connectivity index (χ1n) is 13.0. The molecule has 222 valence electrons. The first kappa shape index (κ1) is 29.0. The highest BCUT2D eigenvalue weighted by Crippen LogP contribution is 2.31. The van der Waals surface area contributed by atoms with Crippen LogP contribution >= 0.6 is 0 Å². The molecule has 5 aromatic rings. The Hall–Kier alpha value is -5.47. The van der Waals surface area contributed by atoms with E-state index in [-0.39, 0.29) is 40.1 Å². The first-order valence-corrected chi connectivity index (χ1v) is 13.0. The number of alkyl halides is 3. The SMILES string of the molecule is CCn1c2c(C(=O)Nc3cccc(C(=O)NC)c3)nc(C(F)(F)F)cc2c(=O)n1-c1ccc(-n2c(C)nn(C)c2=O)cc1. The number of nitrogens with one attached hydrogen (secondary N) is 2. The third-order valence-corrected chi connectivity index (χ3v) is 6.77. The summed E-state index contributed by atoms with van der Waals surface area (Å²) in [5, 5.41) is 8.67. The summed E-state index contributed by atoms with van der Waals surface area (Å²) in [6.07, 6.45) is -4.95. The number of hydrogen-bond acceptors (Lipinski definition) is 6. The van der Waals surface area contributed by atoms with E-state index in [0.29, 0.717) is 17.6 Å². The molecule has 43 heavy (non-hydrogen) atoms. The van der Waals surface area contributed by atoms with E-state index < -0.39 is 34.9 Å². The molecule has 3 heterocycles. The van der Waals surface area contributed by atoms with Gasteiger partial charge in [-0.15, -0.1) is 0 Å². The Kier molecular flexibility index (Phi) is 7.25. The Balaban J connectivity index is 1.67. The van der Waals surface area contributed by atoms with Crippen LogP contribution < -0.4 is 21.9 Å². The summed E-state index contributed by atoms with van der Waals surface area (Å²) in [5.74, 6) is -1.00. The lowest BCUT2D eigenvalue weighted by molar-refractivity contribution is -0.141. The van der Waals surface area contributed by atoms with Gasteiger partial charge in [0.15, 0.2) is 5.69 Å². The van der Waals surface area contributed by atoms with Gasteiger partial charge in [-0.1, -0.05) is 6.07 Å². The molecule has 0 saturated carbocycles. The minimum Gasteiger partial charge on any atom is -0.355 e. The van der Waals surface area contributed by atoms with Crippen LogP contribution in [-0.4, -0.2) is 47.6 Å². The molecular weight excluding hydrogens is 569 g/mol. The Morgan fingerprint density at radius 1 is 0.977 bits per heavy atom. The maximum atomic E-state index is 13.9. The average molecular weight is 595 g/mol. The molecule has 0 aliphatic heterocycles. The molecule has 0 fully saturated rings. The molecular formula is C28H25F3N8O4. The summed E-state index contributed by atoms with van der Waals surface area (Å²) in [4.78, 5) is 55.2. The number of rotatable bonds is 6.